The summed E-state index contributed by atoms with van der Waals surface area (Å²) in [6.07, 6.45) is 5.19. The van der Waals surface area contributed by atoms with Gasteiger partial charge < -0.3 is 0 Å². The Morgan fingerprint density at radius 2 is 0.981 bits per heavy atom. The summed E-state index contributed by atoms with van der Waals surface area (Å²) in [6.45, 7) is 3.75. The van der Waals surface area contributed by atoms with E-state index in [1.165, 1.54) is 55.6 Å². The maximum atomic E-state index is 8.62. The van der Waals surface area contributed by atoms with E-state index >= 15 is 0 Å². The van der Waals surface area contributed by atoms with Crippen molar-refractivity contribution in [2.24, 2.45) is 0 Å². The molecule has 2 nitrogen and oxygen atoms in total. The summed E-state index contributed by atoms with van der Waals surface area (Å²) in [5.74, 6) is 0. The van der Waals surface area contributed by atoms with E-state index in [0.717, 1.165) is 33.2 Å². The van der Waals surface area contributed by atoms with E-state index < -0.39 is 0 Å². The molecule has 0 fully saturated rings. The molecule has 1 spiro atoms. The fourth-order valence-electron chi connectivity index (χ4n) is 8.78. The van der Waals surface area contributed by atoms with E-state index in [2.05, 4.69) is 164 Å². The van der Waals surface area contributed by atoms with Gasteiger partial charge in [-0.1, -0.05) is 164 Å². The second-order valence-electron chi connectivity index (χ2n) is 13.9. The molecule has 7 aromatic carbocycles. The molecule has 0 bridgehead atoms. The van der Waals surface area contributed by atoms with Crippen LogP contribution in [0.1, 0.15) is 27.9 Å². The fraction of sp³-hybridized carbons (Fsp3) is 0.0196. The summed E-state index contributed by atoms with van der Waals surface area (Å²) in [4.78, 5) is 4.89. The number of rotatable bonds is 6. The fourth-order valence-corrected chi connectivity index (χ4v) is 8.78. The Balaban J connectivity index is 1.07. The van der Waals surface area contributed by atoms with Crippen molar-refractivity contribution in [3.05, 3.63) is 223 Å². The summed E-state index contributed by atoms with van der Waals surface area (Å²) in [6, 6.07) is 61.7. The smallest absolute Gasteiger partial charge is 0.0892 e. The number of nitrogens with one attached hydrogen (secondary N) is 1. The minimum atomic E-state index is -0.356. The van der Waals surface area contributed by atoms with Crippen LogP contribution in [0.25, 0.3) is 66.5 Å². The zero-order chi connectivity index (χ0) is 35.5. The van der Waals surface area contributed by atoms with Gasteiger partial charge in [-0.15, -0.1) is 0 Å². The van der Waals surface area contributed by atoms with Crippen molar-refractivity contribution in [1.29, 1.82) is 5.41 Å². The van der Waals surface area contributed by atoms with Gasteiger partial charge in [-0.05, 0) is 108 Å². The molecule has 248 valence electrons. The van der Waals surface area contributed by atoms with E-state index in [1.807, 2.05) is 12.1 Å². The molecule has 1 N–H and O–H groups in total. The Labute approximate surface area is 309 Å². The van der Waals surface area contributed by atoms with Gasteiger partial charge in [0.15, 0.2) is 0 Å². The summed E-state index contributed by atoms with van der Waals surface area (Å²) in [7, 11) is 0. The lowest BCUT2D eigenvalue weighted by Crippen LogP contribution is -2.25. The molecular formula is C51H34N2. The van der Waals surface area contributed by atoms with Crippen LogP contribution in [0.4, 0.5) is 0 Å². The third-order valence-corrected chi connectivity index (χ3v) is 11.1. The van der Waals surface area contributed by atoms with Gasteiger partial charge in [-0.2, -0.15) is 0 Å². The molecule has 0 aliphatic heterocycles. The van der Waals surface area contributed by atoms with E-state index in [1.54, 1.807) is 18.2 Å². The Kier molecular flexibility index (Phi) is 7.06. The average molecular weight is 675 g/mol. The molecule has 2 heteroatoms. The topological polar surface area (TPSA) is 36.7 Å². The van der Waals surface area contributed by atoms with Crippen LogP contribution >= 0.6 is 0 Å². The first-order chi connectivity index (χ1) is 26.1. The Morgan fingerprint density at radius 1 is 0.472 bits per heavy atom. The lowest BCUT2D eigenvalue weighted by Gasteiger charge is -2.30. The maximum Gasteiger partial charge on any atom is 0.0892 e. The first-order valence-corrected chi connectivity index (χ1v) is 18.1. The van der Waals surface area contributed by atoms with Crippen LogP contribution in [-0.2, 0) is 5.41 Å². The van der Waals surface area contributed by atoms with E-state index in [4.69, 9.17) is 10.4 Å². The molecule has 53 heavy (non-hydrogen) atoms. The van der Waals surface area contributed by atoms with Crippen LogP contribution in [-0.4, -0.2) is 10.7 Å². The number of nitrogens with zero attached hydrogens (tertiary/aromatic N) is 1. The second-order valence-corrected chi connectivity index (χ2v) is 13.9. The summed E-state index contributed by atoms with van der Waals surface area (Å²) in [5, 5.41) is 9.68. The second kappa shape index (κ2) is 12.1. The number of benzene rings is 7. The molecule has 1 aromatic heterocycles. The minimum Gasteiger partial charge on any atom is -0.299 e. The zero-order valence-corrected chi connectivity index (χ0v) is 29.1. The van der Waals surface area contributed by atoms with Gasteiger partial charge in [0, 0.05) is 5.39 Å². The molecule has 0 saturated carbocycles. The highest BCUT2D eigenvalue weighted by molar-refractivity contribution is 6.09. The third kappa shape index (κ3) is 4.66. The van der Waals surface area contributed by atoms with Crippen LogP contribution in [0.2, 0.25) is 0 Å². The van der Waals surface area contributed by atoms with E-state index in [0.29, 0.717) is 11.4 Å². The Morgan fingerprint density at radius 3 is 1.58 bits per heavy atom. The number of pyridine rings is 1. The monoisotopic (exact) mass is 674 g/mol. The van der Waals surface area contributed by atoms with Crippen molar-refractivity contribution in [2.45, 2.75) is 5.41 Å². The third-order valence-electron chi connectivity index (χ3n) is 11.1. The van der Waals surface area contributed by atoms with Crippen molar-refractivity contribution >= 4 is 16.6 Å². The van der Waals surface area contributed by atoms with Gasteiger partial charge in [-0.25, -0.2) is 4.98 Å². The van der Waals surface area contributed by atoms with E-state index in [9.17, 15) is 0 Å². The molecule has 1 heterocycles. The van der Waals surface area contributed by atoms with Gasteiger partial charge >= 0.3 is 0 Å². The van der Waals surface area contributed by atoms with Crippen molar-refractivity contribution in [1.82, 2.24) is 4.98 Å². The first-order valence-electron chi connectivity index (χ1n) is 18.1. The van der Waals surface area contributed by atoms with Crippen LogP contribution < -0.4 is 0 Å². The maximum absolute atomic E-state index is 8.62. The number of fused-ring (bicyclic) bond motifs is 11. The van der Waals surface area contributed by atoms with Crippen LogP contribution in [0.3, 0.4) is 0 Å². The van der Waals surface area contributed by atoms with E-state index in [-0.39, 0.29) is 5.41 Å². The standard InChI is InChI=1S/C51H34N2/c1-2-3-21-48(52)50-32-42(35-13-5-4-6-14-35)43-30-36(27-29-49(43)53-50)33-22-24-34(25-23-33)37-26-28-41-40-17-9-12-20-46(40)51(47(41)31-37)44-18-10-7-15-38(44)39-16-8-11-19-45(39)51/h2-32,52H,1H2/b21-3-,52-48?. The molecule has 2 aliphatic carbocycles. The SMILES string of the molecule is C=C/C=C\C(=N)c1cc(-c2ccccc2)c2cc(-c3ccc(-c4ccc5c(c4)C4(c6ccccc6-c6ccccc64)c4ccccc4-5)cc3)ccc2n1. The quantitative estimate of drug-likeness (QED) is 0.138. The molecule has 0 unspecified atom stereocenters. The molecule has 10 rings (SSSR count). The minimum absolute atomic E-state index is 0.353. The highest BCUT2D eigenvalue weighted by atomic mass is 14.7. The highest BCUT2D eigenvalue weighted by Gasteiger charge is 2.51. The molecule has 0 atom stereocenters. The lowest BCUT2D eigenvalue weighted by atomic mass is 9.70. The van der Waals surface area contributed by atoms with Crippen LogP contribution in [0, 0.1) is 5.41 Å². The molecule has 0 saturated heterocycles. The predicted octanol–water partition coefficient (Wildman–Crippen LogP) is 12.7. The number of allylic oxidation sites excluding steroid dienone is 3. The lowest BCUT2D eigenvalue weighted by molar-refractivity contribution is 0.794. The number of aromatic nitrogens is 1. The van der Waals surface area contributed by atoms with Gasteiger partial charge in [0.1, 0.15) is 0 Å². The highest BCUT2D eigenvalue weighted by Crippen LogP contribution is 2.63. The van der Waals surface area contributed by atoms with Crippen molar-refractivity contribution in [2.75, 3.05) is 0 Å². The normalized spacial score (nSPS) is 13.1. The Bertz CT molecular complexity index is 2740. The molecular weight excluding hydrogens is 641 g/mol. The molecule has 0 radical (unpaired) electrons. The van der Waals surface area contributed by atoms with Crippen LogP contribution in [0.15, 0.2) is 195 Å². The largest absolute Gasteiger partial charge is 0.299 e. The number of hydrogen-bond acceptors (Lipinski definition) is 2. The summed E-state index contributed by atoms with van der Waals surface area (Å²) < 4.78 is 0. The van der Waals surface area contributed by atoms with Crippen LogP contribution in [0.5, 0.6) is 0 Å². The van der Waals surface area contributed by atoms with Crippen molar-refractivity contribution in [3.8, 4) is 55.6 Å². The molecule has 8 aromatic rings. The van der Waals surface area contributed by atoms with Gasteiger partial charge in [0.25, 0.3) is 0 Å². The van der Waals surface area contributed by atoms with Crippen molar-refractivity contribution < 1.29 is 0 Å². The summed E-state index contributed by atoms with van der Waals surface area (Å²) in [5.41, 5.74) is 19.0. The number of hydrogen-bond donors (Lipinski definition) is 1. The zero-order valence-electron chi connectivity index (χ0n) is 29.1. The Hall–Kier alpha value is -6.90. The first kappa shape index (κ1) is 30.9. The summed E-state index contributed by atoms with van der Waals surface area (Å²) >= 11 is 0. The molecule has 0 amide bonds. The average Bonchev–Trinajstić information content (AvgIpc) is 3.69. The van der Waals surface area contributed by atoms with Gasteiger partial charge in [0.2, 0.25) is 0 Å². The molecule has 2 aliphatic rings. The van der Waals surface area contributed by atoms with Gasteiger partial charge in [-0.3, -0.25) is 5.41 Å². The predicted molar refractivity (Wildman–Crippen MR) is 221 cm³/mol. The van der Waals surface area contributed by atoms with Gasteiger partial charge in [0.05, 0.1) is 22.3 Å². The van der Waals surface area contributed by atoms with Crippen molar-refractivity contribution in [3.63, 3.8) is 0 Å².